The molecule has 19 heavy (non-hydrogen) atoms. The van der Waals surface area contributed by atoms with E-state index in [1.54, 1.807) is 0 Å². The molecule has 0 radical (unpaired) electrons. The minimum Gasteiger partial charge on any atom is -0.466 e. The standard InChI is InChI=1S/C15H27NO3/c1-2-19-15(18)11-7-5-9-13-16-12-8-4-3-6-10-14(16)17/h2-13H2,1H3. The first-order valence-corrected chi connectivity index (χ1v) is 7.67. The van der Waals surface area contributed by atoms with Gasteiger partial charge in [-0.25, -0.2) is 0 Å². The average molecular weight is 269 g/mol. The monoisotopic (exact) mass is 269 g/mol. The third-order valence-corrected chi connectivity index (χ3v) is 3.54. The summed E-state index contributed by atoms with van der Waals surface area (Å²) in [6.07, 6.45) is 8.66. The maximum absolute atomic E-state index is 11.9. The molecule has 0 unspecified atom stereocenters. The number of rotatable bonds is 7. The van der Waals surface area contributed by atoms with Crippen LogP contribution in [0.1, 0.15) is 64.7 Å². The summed E-state index contributed by atoms with van der Waals surface area (Å²) < 4.78 is 4.88. The van der Waals surface area contributed by atoms with Crippen molar-refractivity contribution in [1.82, 2.24) is 4.90 Å². The van der Waals surface area contributed by atoms with Crippen LogP contribution in [0.4, 0.5) is 0 Å². The van der Waals surface area contributed by atoms with Crippen LogP contribution in [0.5, 0.6) is 0 Å². The maximum Gasteiger partial charge on any atom is 0.305 e. The van der Waals surface area contributed by atoms with Gasteiger partial charge in [-0.2, -0.15) is 0 Å². The number of carbonyl (C=O) groups is 2. The van der Waals surface area contributed by atoms with E-state index in [0.29, 0.717) is 25.4 Å². The van der Waals surface area contributed by atoms with E-state index in [4.69, 9.17) is 4.74 Å². The van der Waals surface area contributed by atoms with Gasteiger partial charge in [-0.3, -0.25) is 9.59 Å². The molecule has 1 saturated heterocycles. The first-order chi connectivity index (χ1) is 9.24. The Morgan fingerprint density at radius 2 is 1.95 bits per heavy atom. The molecule has 1 aliphatic rings. The predicted molar refractivity (Wildman–Crippen MR) is 74.8 cm³/mol. The molecule has 0 aliphatic carbocycles. The highest BCUT2D eigenvalue weighted by atomic mass is 16.5. The number of likely N-dealkylation sites (tertiary alicyclic amines) is 1. The lowest BCUT2D eigenvalue weighted by atomic mass is 10.1. The van der Waals surface area contributed by atoms with Crippen molar-refractivity contribution in [2.75, 3.05) is 19.7 Å². The third-order valence-electron chi connectivity index (χ3n) is 3.54. The Morgan fingerprint density at radius 1 is 1.16 bits per heavy atom. The summed E-state index contributed by atoms with van der Waals surface area (Å²) in [5.74, 6) is 0.204. The van der Waals surface area contributed by atoms with Gasteiger partial charge in [0.25, 0.3) is 0 Å². The highest BCUT2D eigenvalue weighted by molar-refractivity contribution is 5.76. The molecule has 1 heterocycles. The summed E-state index contributed by atoms with van der Waals surface area (Å²) in [6.45, 7) is 4.05. The van der Waals surface area contributed by atoms with Gasteiger partial charge in [-0.1, -0.05) is 19.3 Å². The van der Waals surface area contributed by atoms with Crippen molar-refractivity contribution < 1.29 is 14.3 Å². The van der Waals surface area contributed by atoms with Gasteiger partial charge in [-0.15, -0.1) is 0 Å². The van der Waals surface area contributed by atoms with Crippen LogP contribution in [0.15, 0.2) is 0 Å². The van der Waals surface area contributed by atoms with Crippen LogP contribution in [0.2, 0.25) is 0 Å². The van der Waals surface area contributed by atoms with E-state index >= 15 is 0 Å². The van der Waals surface area contributed by atoms with Gasteiger partial charge >= 0.3 is 5.97 Å². The highest BCUT2D eigenvalue weighted by Gasteiger charge is 2.14. The number of hydrogen-bond acceptors (Lipinski definition) is 3. The molecule has 1 rings (SSSR count). The number of esters is 1. The smallest absolute Gasteiger partial charge is 0.305 e. The molecule has 1 amide bonds. The van der Waals surface area contributed by atoms with Crippen molar-refractivity contribution in [2.45, 2.75) is 64.7 Å². The summed E-state index contributed by atoms with van der Waals surface area (Å²) in [4.78, 5) is 25.0. The topological polar surface area (TPSA) is 46.6 Å². The lowest BCUT2D eigenvalue weighted by molar-refractivity contribution is -0.143. The lowest BCUT2D eigenvalue weighted by Crippen LogP contribution is -2.33. The summed E-state index contributed by atoms with van der Waals surface area (Å²) in [5, 5.41) is 0. The Kier molecular flexibility index (Phi) is 8.26. The van der Waals surface area contributed by atoms with Crippen LogP contribution in [0.25, 0.3) is 0 Å². The SMILES string of the molecule is CCOC(=O)CCCCCN1CCCCCCC1=O. The minimum atomic E-state index is -0.107. The molecule has 0 aromatic carbocycles. The Hall–Kier alpha value is -1.06. The van der Waals surface area contributed by atoms with Crippen LogP contribution in [-0.4, -0.2) is 36.5 Å². The van der Waals surface area contributed by atoms with Gasteiger partial charge in [0.15, 0.2) is 0 Å². The second kappa shape index (κ2) is 9.82. The van der Waals surface area contributed by atoms with Gasteiger partial charge in [0.2, 0.25) is 5.91 Å². The molecule has 1 fully saturated rings. The largest absolute Gasteiger partial charge is 0.466 e. The van der Waals surface area contributed by atoms with Gasteiger partial charge in [0, 0.05) is 25.9 Å². The molecule has 4 heteroatoms. The fourth-order valence-electron chi connectivity index (χ4n) is 2.43. The second-order valence-electron chi connectivity index (χ2n) is 5.16. The number of nitrogens with zero attached hydrogens (tertiary/aromatic N) is 1. The van der Waals surface area contributed by atoms with Crippen LogP contribution in [0, 0.1) is 0 Å². The molecule has 0 bridgehead atoms. The molecule has 0 aromatic heterocycles. The molecule has 0 N–H and O–H groups in total. The van der Waals surface area contributed by atoms with E-state index < -0.39 is 0 Å². The Labute approximate surface area is 116 Å². The summed E-state index contributed by atoms with van der Waals surface area (Å²) in [6, 6.07) is 0. The number of amides is 1. The zero-order valence-electron chi connectivity index (χ0n) is 12.2. The van der Waals surface area contributed by atoms with Crippen LogP contribution in [-0.2, 0) is 14.3 Å². The highest BCUT2D eigenvalue weighted by Crippen LogP contribution is 2.13. The van der Waals surface area contributed by atoms with Crippen LogP contribution < -0.4 is 0 Å². The van der Waals surface area contributed by atoms with Crippen molar-refractivity contribution in [3.63, 3.8) is 0 Å². The second-order valence-corrected chi connectivity index (χ2v) is 5.16. The average Bonchev–Trinajstić information content (AvgIpc) is 2.37. The lowest BCUT2D eigenvalue weighted by Gasteiger charge is -2.24. The molecule has 1 aliphatic heterocycles. The molecule has 110 valence electrons. The van der Waals surface area contributed by atoms with E-state index in [0.717, 1.165) is 45.2 Å². The van der Waals surface area contributed by atoms with E-state index in [9.17, 15) is 9.59 Å². The molecule has 0 atom stereocenters. The van der Waals surface area contributed by atoms with E-state index in [-0.39, 0.29) is 5.97 Å². The quantitative estimate of drug-likeness (QED) is 0.527. The number of ether oxygens (including phenoxy) is 1. The van der Waals surface area contributed by atoms with Crippen molar-refractivity contribution >= 4 is 11.9 Å². The van der Waals surface area contributed by atoms with E-state index in [2.05, 4.69) is 0 Å². The summed E-state index contributed by atoms with van der Waals surface area (Å²) in [5.41, 5.74) is 0. The Bertz CT molecular complexity index is 279. The van der Waals surface area contributed by atoms with Gasteiger partial charge in [0.1, 0.15) is 0 Å². The van der Waals surface area contributed by atoms with Crippen molar-refractivity contribution in [1.29, 1.82) is 0 Å². The fraction of sp³-hybridized carbons (Fsp3) is 0.867. The fourth-order valence-corrected chi connectivity index (χ4v) is 2.43. The van der Waals surface area contributed by atoms with Crippen LogP contribution >= 0.6 is 0 Å². The zero-order valence-corrected chi connectivity index (χ0v) is 12.2. The molecular weight excluding hydrogens is 242 g/mol. The third kappa shape index (κ3) is 7.19. The van der Waals surface area contributed by atoms with E-state index in [1.807, 2.05) is 11.8 Å². The van der Waals surface area contributed by atoms with Gasteiger partial charge in [-0.05, 0) is 32.6 Å². The normalized spacial score (nSPS) is 16.9. The molecule has 4 nitrogen and oxygen atoms in total. The molecule has 0 aromatic rings. The maximum atomic E-state index is 11.9. The van der Waals surface area contributed by atoms with E-state index in [1.165, 1.54) is 12.8 Å². The first kappa shape index (κ1) is 16.0. The Balaban J connectivity index is 2.09. The summed E-state index contributed by atoms with van der Waals surface area (Å²) >= 11 is 0. The summed E-state index contributed by atoms with van der Waals surface area (Å²) in [7, 11) is 0. The van der Waals surface area contributed by atoms with Crippen molar-refractivity contribution in [3.8, 4) is 0 Å². The molecule has 0 saturated carbocycles. The Morgan fingerprint density at radius 3 is 2.74 bits per heavy atom. The number of hydrogen-bond donors (Lipinski definition) is 0. The number of carbonyl (C=O) groups excluding carboxylic acids is 2. The van der Waals surface area contributed by atoms with Crippen LogP contribution in [0.3, 0.4) is 0 Å². The first-order valence-electron chi connectivity index (χ1n) is 7.67. The van der Waals surface area contributed by atoms with Crippen molar-refractivity contribution in [3.05, 3.63) is 0 Å². The molecular formula is C15H27NO3. The van der Waals surface area contributed by atoms with Gasteiger partial charge < -0.3 is 9.64 Å². The minimum absolute atomic E-state index is 0.107. The van der Waals surface area contributed by atoms with Gasteiger partial charge in [0.05, 0.1) is 6.61 Å². The zero-order chi connectivity index (χ0) is 13.9. The number of unbranched alkanes of at least 4 members (excludes halogenated alkanes) is 2. The molecule has 0 spiro atoms. The predicted octanol–water partition coefficient (Wildman–Crippen LogP) is 2.90. The van der Waals surface area contributed by atoms with Crippen molar-refractivity contribution in [2.24, 2.45) is 0 Å².